The third-order valence-electron chi connectivity index (χ3n) is 3.09. The summed E-state index contributed by atoms with van der Waals surface area (Å²) in [4.78, 5) is 12.1. The average Bonchev–Trinajstić information content (AvgIpc) is 2.52. The Balaban J connectivity index is 1.73. The van der Waals surface area contributed by atoms with Gasteiger partial charge in [0.2, 0.25) is 0 Å². The molecule has 0 amide bonds. The molecular formula is C16H12ClFO4. The van der Waals surface area contributed by atoms with Gasteiger partial charge in [-0.15, -0.1) is 0 Å². The number of fused-ring (bicyclic) bond motifs is 1. The maximum atomic E-state index is 13.1. The smallest absolute Gasteiger partial charge is 0.338 e. The number of hydrogen-bond acceptors (Lipinski definition) is 4. The van der Waals surface area contributed by atoms with E-state index in [9.17, 15) is 9.18 Å². The van der Waals surface area contributed by atoms with Crippen LogP contribution in [0, 0.1) is 5.82 Å². The van der Waals surface area contributed by atoms with Gasteiger partial charge in [0.05, 0.1) is 10.6 Å². The van der Waals surface area contributed by atoms with E-state index < -0.39 is 5.97 Å². The fraction of sp³-hybridized carbons (Fsp3) is 0.188. The molecule has 2 aromatic rings. The molecule has 114 valence electrons. The number of esters is 1. The molecule has 0 spiro atoms. The van der Waals surface area contributed by atoms with Crippen LogP contribution in [-0.4, -0.2) is 19.2 Å². The highest BCUT2D eigenvalue weighted by Gasteiger charge is 2.20. The Morgan fingerprint density at radius 2 is 2.05 bits per heavy atom. The SMILES string of the molecule is O=C(OCc1cccc(F)c1)c1cc(Cl)c2c(c1)OCCO2. The van der Waals surface area contributed by atoms with Gasteiger partial charge in [-0.1, -0.05) is 23.7 Å². The second-order valence-corrected chi connectivity index (χ2v) is 5.10. The highest BCUT2D eigenvalue weighted by Crippen LogP contribution is 2.38. The van der Waals surface area contributed by atoms with Crippen molar-refractivity contribution in [1.82, 2.24) is 0 Å². The Hall–Kier alpha value is -2.27. The van der Waals surface area contributed by atoms with Gasteiger partial charge in [0.1, 0.15) is 25.6 Å². The van der Waals surface area contributed by atoms with Crippen molar-refractivity contribution >= 4 is 17.6 Å². The number of benzene rings is 2. The molecule has 0 fully saturated rings. The van der Waals surface area contributed by atoms with Gasteiger partial charge in [-0.2, -0.15) is 0 Å². The lowest BCUT2D eigenvalue weighted by molar-refractivity contribution is 0.0471. The number of carbonyl (C=O) groups is 1. The number of rotatable bonds is 3. The zero-order valence-electron chi connectivity index (χ0n) is 11.5. The summed E-state index contributed by atoms with van der Waals surface area (Å²) in [5.41, 5.74) is 0.822. The first-order chi connectivity index (χ1) is 10.6. The molecule has 1 heterocycles. The second-order valence-electron chi connectivity index (χ2n) is 4.69. The lowest BCUT2D eigenvalue weighted by atomic mass is 10.2. The summed E-state index contributed by atoms with van der Waals surface area (Å²) >= 11 is 6.07. The van der Waals surface area contributed by atoms with Crippen LogP contribution in [0.1, 0.15) is 15.9 Å². The molecule has 0 atom stereocenters. The summed E-state index contributed by atoms with van der Waals surface area (Å²) in [7, 11) is 0. The Morgan fingerprint density at radius 3 is 2.86 bits per heavy atom. The van der Waals surface area contributed by atoms with Crippen molar-refractivity contribution in [3.63, 3.8) is 0 Å². The Kier molecular flexibility index (Phi) is 4.15. The van der Waals surface area contributed by atoms with Crippen molar-refractivity contribution in [3.8, 4) is 11.5 Å². The van der Waals surface area contributed by atoms with Gasteiger partial charge in [-0.3, -0.25) is 0 Å². The van der Waals surface area contributed by atoms with E-state index >= 15 is 0 Å². The van der Waals surface area contributed by atoms with Crippen molar-refractivity contribution in [1.29, 1.82) is 0 Å². The van der Waals surface area contributed by atoms with Crippen LogP contribution in [0.25, 0.3) is 0 Å². The number of ether oxygens (including phenoxy) is 3. The van der Waals surface area contributed by atoms with E-state index in [0.29, 0.717) is 30.3 Å². The first kappa shape index (κ1) is 14.7. The van der Waals surface area contributed by atoms with E-state index in [0.717, 1.165) is 0 Å². The van der Waals surface area contributed by atoms with Gasteiger partial charge in [-0.05, 0) is 29.8 Å². The fourth-order valence-electron chi connectivity index (χ4n) is 2.09. The topological polar surface area (TPSA) is 44.8 Å². The third-order valence-corrected chi connectivity index (χ3v) is 3.37. The van der Waals surface area contributed by atoms with Gasteiger partial charge in [0.15, 0.2) is 11.5 Å². The lowest BCUT2D eigenvalue weighted by Crippen LogP contribution is -2.16. The highest BCUT2D eigenvalue weighted by molar-refractivity contribution is 6.32. The predicted octanol–water partition coefficient (Wildman–Crippen LogP) is 3.61. The molecular weight excluding hydrogens is 311 g/mol. The summed E-state index contributed by atoms with van der Waals surface area (Å²) < 4.78 is 29.0. The molecule has 0 radical (unpaired) electrons. The molecule has 0 aliphatic carbocycles. The number of halogens is 2. The molecule has 0 unspecified atom stereocenters. The van der Waals surface area contributed by atoms with E-state index in [1.54, 1.807) is 12.1 Å². The minimum Gasteiger partial charge on any atom is -0.486 e. The molecule has 0 N–H and O–H groups in total. The third kappa shape index (κ3) is 3.14. The maximum absolute atomic E-state index is 13.1. The monoisotopic (exact) mass is 322 g/mol. The van der Waals surface area contributed by atoms with Crippen LogP contribution in [0.5, 0.6) is 11.5 Å². The van der Waals surface area contributed by atoms with Crippen LogP contribution in [0.3, 0.4) is 0 Å². The van der Waals surface area contributed by atoms with Gasteiger partial charge < -0.3 is 14.2 Å². The quantitative estimate of drug-likeness (QED) is 0.810. The molecule has 0 bridgehead atoms. The molecule has 0 saturated carbocycles. The minimum atomic E-state index is -0.567. The van der Waals surface area contributed by atoms with Gasteiger partial charge in [0, 0.05) is 0 Å². The van der Waals surface area contributed by atoms with Gasteiger partial charge >= 0.3 is 5.97 Å². The first-order valence-electron chi connectivity index (χ1n) is 6.64. The van der Waals surface area contributed by atoms with Crippen LogP contribution in [0.15, 0.2) is 36.4 Å². The van der Waals surface area contributed by atoms with Crippen molar-refractivity contribution in [2.45, 2.75) is 6.61 Å². The highest BCUT2D eigenvalue weighted by atomic mass is 35.5. The molecule has 0 aromatic heterocycles. The molecule has 4 nitrogen and oxygen atoms in total. The van der Waals surface area contributed by atoms with Crippen molar-refractivity contribution < 1.29 is 23.4 Å². The zero-order valence-corrected chi connectivity index (χ0v) is 12.2. The normalized spacial score (nSPS) is 12.8. The zero-order chi connectivity index (χ0) is 15.5. The number of hydrogen-bond donors (Lipinski definition) is 0. The molecule has 6 heteroatoms. The van der Waals surface area contributed by atoms with Crippen molar-refractivity contribution in [3.05, 3.63) is 58.4 Å². The Bertz CT molecular complexity index is 717. The number of carbonyl (C=O) groups excluding carboxylic acids is 1. The van der Waals surface area contributed by atoms with Crippen molar-refractivity contribution in [2.24, 2.45) is 0 Å². The van der Waals surface area contributed by atoms with Crippen LogP contribution in [0.2, 0.25) is 5.02 Å². The second kappa shape index (κ2) is 6.23. The van der Waals surface area contributed by atoms with Crippen molar-refractivity contribution in [2.75, 3.05) is 13.2 Å². The molecule has 22 heavy (non-hydrogen) atoms. The van der Waals surface area contributed by atoms with E-state index in [2.05, 4.69) is 0 Å². The van der Waals surface area contributed by atoms with E-state index in [-0.39, 0.29) is 23.0 Å². The lowest BCUT2D eigenvalue weighted by Gasteiger charge is -2.20. The summed E-state index contributed by atoms with van der Waals surface area (Å²) in [6, 6.07) is 8.85. The Morgan fingerprint density at radius 1 is 1.23 bits per heavy atom. The van der Waals surface area contributed by atoms with Crippen LogP contribution in [-0.2, 0) is 11.3 Å². The molecule has 2 aromatic carbocycles. The van der Waals surface area contributed by atoms with Gasteiger partial charge in [-0.25, -0.2) is 9.18 Å². The molecule has 1 aliphatic heterocycles. The molecule has 1 aliphatic rings. The van der Waals surface area contributed by atoms with E-state index in [1.807, 2.05) is 0 Å². The van der Waals surface area contributed by atoms with Crippen LogP contribution in [0.4, 0.5) is 4.39 Å². The molecule has 0 saturated heterocycles. The summed E-state index contributed by atoms with van der Waals surface area (Å²) in [5, 5.41) is 0.287. The standard InChI is InChI=1S/C16H12ClFO4/c17-13-7-11(8-14-15(13)21-5-4-20-14)16(19)22-9-10-2-1-3-12(18)6-10/h1-3,6-8H,4-5,9H2. The average molecular weight is 323 g/mol. The van der Waals surface area contributed by atoms with E-state index in [4.69, 9.17) is 25.8 Å². The van der Waals surface area contributed by atoms with Gasteiger partial charge in [0.25, 0.3) is 0 Å². The first-order valence-corrected chi connectivity index (χ1v) is 7.02. The minimum absolute atomic E-state index is 0.0251. The predicted molar refractivity (Wildman–Crippen MR) is 78.0 cm³/mol. The summed E-state index contributed by atoms with van der Waals surface area (Å²) in [6.45, 7) is 0.782. The van der Waals surface area contributed by atoms with Crippen LogP contribution >= 0.6 is 11.6 Å². The Labute approximate surface area is 131 Å². The summed E-state index contributed by atoms with van der Waals surface area (Å²) in [6.07, 6.45) is 0. The summed E-state index contributed by atoms with van der Waals surface area (Å²) in [5.74, 6) is -0.106. The molecule has 3 rings (SSSR count). The largest absolute Gasteiger partial charge is 0.486 e. The van der Waals surface area contributed by atoms with E-state index in [1.165, 1.54) is 24.3 Å². The fourth-order valence-corrected chi connectivity index (χ4v) is 2.35. The maximum Gasteiger partial charge on any atom is 0.338 e. The van der Waals surface area contributed by atoms with Crippen LogP contribution < -0.4 is 9.47 Å².